The van der Waals surface area contributed by atoms with E-state index in [-0.39, 0.29) is 5.78 Å². The third-order valence-corrected chi connectivity index (χ3v) is 4.47. The van der Waals surface area contributed by atoms with Gasteiger partial charge in [-0.15, -0.1) is 0 Å². The van der Waals surface area contributed by atoms with Gasteiger partial charge in [-0.1, -0.05) is 17.7 Å². The standard InChI is InChI=1S/C23H25NO3/c1-15(2)12-13-26-20-11-10-19-22(25)21(27-23(19)16(20)3)14-17-6-8-18(9-7-17)24(4)5/h6-12,14H,13H2,1-5H3/b21-14-. The van der Waals surface area contributed by atoms with Crippen LogP contribution >= 0.6 is 0 Å². The molecule has 0 aromatic heterocycles. The summed E-state index contributed by atoms with van der Waals surface area (Å²) in [6.45, 7) is 6.47. The highest BCUT2D eigenvalue weighted by Crippen LogP contribution is 2.39. The number of ketones is 1. The number of benzene rings is 2. The van der Waals surface area contributed by atoms with Gasteiger partial charge in [0.15, 0.2) is 5.76 Å². The number of Topliss-reactive ketones (excluding diaryl/α,β-unsaturated/α-hetero) is 1. The molecule has 27 heavy (non-hydrogen) atoms. The first-order valence-corrected chi connectivity index (χ1v) is 8.98. The zero-order chi connectivity index (χ0) is 19.6. The zero-order valence-corrected chi connectivity index (χ0v) is 16.5. The van der Waals surface area contributed by atoms with Gasteiger partial charge in [-0.3, -0.25) is 4.79 Å². The molecule has 0 unspecified atom stereocenters. The molecule has 2 aromatic carbocycles. The van der Waals surface area contributed by atoms with Crippen LogP contribution < -0.4 is 14.4 Å². The Labute approximate surface area is 160 Å². The van der Waals surface area contributed by atoms with E-state index >= 15 is 0 Å². The Morgan fingerprint density at radius 2 is 1.81 bits per heavy atom. The maximum atomic E-state index is 12.7. The third kappa shape index (κ3) is 4.05. The van der Waals surface area contributed by atoms with E-state index in [1.54, 1.807) is 12.1 Å². The van der Waals surface area contributed by atoms with E-state index in [9.17, 15) is 4.79 Å². The molecule has 4 heteroatoms. The number of rotatable bonds is 5. The van der Waals surface area contributed by atoms with Gasteiger partial charge in [-0.05, 0) is 62.8 Å². The quantitative estimate of drug-likeness (QED) is 0.552. The molecule has 1 heterocycles. The van der Waals surface area contributed by atoms with Crippen LogP contribution in [0, 0.1) is 6.92 Å². The van der Waals surface area contributed by atoms with Crippen LogP contribution in [-0.2, 0) is 0 Å². The predicted octanol–water partition coefficient (Wildman–Crippen LogP) is 5.02. The molecule has 0 atom stereocenters. The number of carbonyl (C=O) groups is 1. The summed E-state index contributed by atoms with van der Waals surface area (Å²) in [5.74, 6) is 1.56. The Morgan fingerprint density at radius 3 is 2.44 bits per heavy atom. The van der Waals surface area contributed by atoms with E-state index in [1.807, 2.05) is 76.2 Å². The number of anilines is 1. The smallest absolute Gasteiger partial charge is 0.231 e. The van der Waals surface area contributed by atoms with Gasteiger partial charge in [0, 0.05) is 25.3 Å². The molecule has 1 aliphatic rings. The highest BCUT2D eigenvalue weighted by Gasteiger charge is 2.30. The van der Waals surface area contributed by atoms with Gasteiger partial charge in [-0.25, -0.2) is 0 Å². The minimum Gasteiger partial charge on any atom is -0.489 e. The van der Waals surface area contributed by atoms with Crippen molar-refractivity contribution in [2.75, 3.05) is 25.6 Å². The lowest BCUT2D eigenvalue weighted by Gasteiger charge is -2.12. The molecule has 0 fully saturated rings. The molecule has 0 spiro atoms. The summed E-state index contributed by atoms with van der Waals surface area (Å²) < 4.78 is 11.7. The van der Waals surface area contributed by atoms with Gasteiger partial charge in [0.2, 0.25) is 5.78 Å². The fourth-order valence-corrected chi connectivity index (χ4v) is 2.84. The van der Waals surface area contributed by atoms with E-state index in [4.69, 9.17) is 9.47 Å². The number of allylic oxidation sites excluding steroid dienone is 2. The van der Waals surface area contributed by atoms with Gasteiger partial charge < -0.3 is 14.4 Å². The van der Waals surface area contributed by atoms with Crippen molar-refractivity contribution in [2.24, 2.45) is 0 Å². The van der Waals surface area contributed by atoms with Crippen LogP contribution in [-0.4, -0.2) is 26.5 Å². The van der Waals surface area contributed by atoms with E-state index in [1.165, 1.54) is 5.57 Å². The highest BCUT2D eigenvalue weighted by molar-refractivity contribution is 6.15. The van der Waals surface area contributed by atoms with Crippen molar-refractivity contribution in [1.82, 2.24) is 0 Å². The molecule has 0 bridgehead atoms. The third-order valence-electron chi connectivity index (χ3n) is 4.47. The molecular formula is C23H25NO3. The zero-order valence-electron chi connectivity index (χ0n) is 16.5. The van der Waals surface area contributed by atoms with Crippen molar-refractivity contribution < 1.29 is 14.3 Å². The summed E-state index contributed by atoms with van der Waals surface area (Å²) >= 11 is 0. The molecule has 140 valence electrons. The van der Waals surface area contributed by atoms with Crippen molar-refractivity contribution in [3.63, 3.8) is 0 Å². The van der Waals surface area contributed by atoms with Crippen LogP contribution in [0.15, 0.2) is 53.8 Å². The van der Waals surface area contributed by atoms with E-state index in [2.05, 4.69) is 0 Å². The number of ether oxygens (including phenoxy) is 2. The van der Waals surface area contributed by atoms with Crippen LogP contribution in [0.1, 0.15) is 35.3 Å². The van der Waals surface area contributed by atoms with Gasteiger partial charge in [0.05, 0.1) is 5.56 Å². The maximum Gasteiger partial charge on any atom is 0.231 e. The first-order chi connectivity index (χ1) is 12.9. The summed E-state index contributed by atoms with van der Waals surface area (Å²) in [5, 5.41) is 0. The lowest BCUT2D eigenvalue weighted by atomic mass is 10.1. The minimum absolute atomic E-state index is 0.0966. The Kier molecular flexibility index (Phi) is 5.36. The van der Waals surface area contributed by atoms with E-state index in [0.717, 1.165) is 22.6 Å². The van der Waals surface area contributed by atoms with Gasteiger partial charge in [-0.2, -0.15) is 0 Å². The second-order valence-electron chi connectivity index (χ2n) is 7.08. The number of hydrogen-bond acceptors (Lipinski definition) is 4. The molecule has 1 aliphatic heterocycles. The largest absolute Gasteiger partial charge is 0.489 e. The maximum absolute atomic E-state index is 12.7. The fourth-order valence-electron chi connectivity index (χ4n) is 2.84. The van der Waals surface area contributed by atoms with E-state index < -0.39 is 0 Å². The first kappa shape index (κ1) is 18.8. The number of hydrogen-bond donors (Lipinski definition) is 0. The van der Waals surface area contributed by atoms with Crippen LogP contribution in [0.2, 0.25) is 0 Å². The molecule has 0 saturated heterocycles. The van der Waals surface area contributed by atoms with Gasteiger partial charge in [0.1, 0.15) is 18.1 Å². The lowest BCUT2D eigenvalue weighted by molar-refractivity contribution is 0.101. The highest BCUT2D eigenvalue weighted by atomic mass is 16.5. The normalized spacial score (nSPS) is 14.0. The first-order valence-electron chi connectivity index (χ1n) is 8.98. The van der Waals surface area contributed by atoms with E-state index in [0.29, 0.717) is 23.7 Å². The van der Waals surface area contributed by atoms with Crippen molar-refractivity contribution in [1.29, 1.82) is 0 Å². The minimum atomic E-state index is -0.0966. The monoisotopic (exact) mass is 363 g/mol. The van der Waals surface area contributed by atoms with Gasteiger partial charge in [0.25, 0.3) is 0 Å². The molecule has 0 N–H and O–H groups in total. The van der Waals surface area contributed by atoms with Crippen LogP contribution in [0.4, 0.5) is 5.69 Å². The summed E-state index contributed by atoms with van der Waals surface area (Å²) in [7, 11) is 3.99. The molecule has 0 amide bonds. The summed E-state index contributed by atoms with van der Waals surface area (Å²) in [6, 6.07) is 11.6. The van der Waals surface area contributed by atoms with Crippen LogP contribution in [0.5, 0.6) is 11.5 Å². The molecule has 2 aromatic rings. The molecule has 0 radical (unpaired) electrons. The second kappa shape index (κ2) is 7.70. The average molecular weight is 363 g/mol. The number of fused-ring (bicyclic) bond motifs is 1. The van der Waals surface area contributed by atoms with Crippen LogP contribution in [0.3, 0.4) is 0 Å². The summed E-state index contributed by atoms with van der Waals surface area (Å²) in [4.78, 5) is 14.7. The predicted molar refractivity (Wildman–Crippen MR) is 110 cm³/mol. The molecule has 0 aliphatic carbocycles. The average Bonchev–Trinajstić information content (AvgIpc) is 2.94. The molecule has 0 saturated carbocycles. The van der Waals surface area contributed by atoms with Crippen LogP contribution in [0.25, 0.3) is 6.08 Å². The Hall–Kier alpha value is -3.01. The Bertz CT molecular complexity index is 917. The van der Waals surface area contributed by atoms with Gasteiger partial charge >= 0.3 is 0 Å². The number of carbonyl (C=O) groups excluding carboxylic acids is 1. The number of nitrogens with zero attached hydrogens (tertiary/aromatic N) is 1. The lowest BCUT2D eigenvalue weighted by Crippen LogP contribution is -2.08. The molecule has 4 nitrogen and oxygen atoms in total. The topological polar surface area (TPSA) is 38.8 Å². The van der Waals surface area contributed by atoms with Crippen molar-refractivity contribution in [2.45, 2.75) is 20.8 Å². The molecular weight excluding hydrogens is 338 g/mol. The van der Waals surface area contributed by atoms with Crippen molar-refractivity contribution in [3.05, 3.63) is 70.5 Å². The Morgan fingerprint density at radius 1 is 1.11 bits per heavy atom. The second-order valence-corrected chi connectivity index (χ2v) is 7.08. The molecule has 3 rings (SSSR count). The summed E-state index contributed by atoms with van der Waals surface area (Å²) in [5.41, 5.74) is 4.65. The summed E-state index contributed by atoms with van der Waals surface area (Å²) in [6.07, 6.45) is 3.80. The Balaban J connectivity index is 1.84. The van der Waals surface area contributed by atoms with Crippen molar-refractivity contribution >= 4 is 17.5 Å². The van der Waals surface area contributed by atoms with Crippen molar-refractivity contribution in [3.8, 4) is 11.5 Å². The fraction of sp³-hybridized carbons (Fsp3) is 0.261. The SMILES string of the molecule is CC(C)=CCOc1ccc2c(c1C)O/C(=C\c1ccc(N(C)C)cc1)C2=O.